The number of carbonyl (C=O) groups excluding carboxylic acids is 1. The van der Waals surface area contributed by atoms with Crippen molar-refractivity contribution in [1.82, 2.24) is 9.80 Å². The van der Waals surface area contributed by atoms with E-state index in [1.54, 1.807) is 11.8 Å². The summed E-state index contributed by atoms with van der Waals surface area (Å²) in [6.45, 7) is 5.31. The van der Waals surface area contributed by atoms with Crippen molar-refractivity contribution in [2.75, 3.05) is 32.7 Å². The highest BCUT2D eigenvalue weighted by Crippen LogP contribution is 2.35. The van der Waals surface area contributed by atoms with Crippen molar-refractivity contribution in [3.63, 3.8) is 0 Å². The molecule has 3 aliphatic rings. The van der Waals surface area contributed by atoms with Gasteiger partial charge in [0.15, 0.2) is 0 Å². The van der Waals surface area contributed by atoms with E-state index in [0.717, 1.165) is 56.0 Å². The molecule has 2 heterocycles. The van der Waals surface area contributed by atoms with Gasteiger partial charge in [0.25, 0.3) is 5.24 Å². The second-order valence-corrected chi connectivity index (χ2v) is 10.6. The van der Waals surface area contributed by atoms with Gasteiger partial charge in [-0.15, -0.1) is 0 Å². The van der Waals surface area contributed by atoms with Gasteiger partial charge < -0.3 is 9.80 Å². The first kappa shape index (κ1) is 19.1. The molecule has 6 heteroatoms. The highest BCUT2D eigenvalue weighted by atomic mass is 79.9. The molecule has 2 saturated heterocycles. The van der Waals surface area contributed by atoms with Crippen molar-refractivity contribution in [1.29, 1.82) is 0 Å². The monoisotopic (exact) mass is 456 g/mol. The van der Waals surface area contributed by atoms with Crippen LogP contribution in [0.5, 0.6) is 0 Å². The first-order valence-corrected chi connectivity index (χ1v) is 11.7. The van der Waals surface area contributed by atoms with Gasteiger partial charge in [-0.1, -0.05) is 39.3 Å². The van der Waals surface area contributed by atoms with E-state index >= 15 is 0 Å². The zero-order chi connectivity index (χ0) is 18.1. The Morgan fingerprint density at radius 3 is 2.62 bits per heavy atom. The first-order valence-electron chi connectivity index (χ1n) is 9.68. The maximum Gasteiger partial charge on any atom is 0.282 e. The van der Waals surface area contributed by atoms with Crippen LogP contribution in [0.4, 0.5) is 4.79 Å². The topological polar surface area (TPSA) is 23.6 Å². The quantitative estimate of drug-likeness (QED) is 0.579. The number of hydrogen-bond acceptors (Lipinski definition) is 3. The maximum absolute atomic E-state index is 12.2. The predicted octanol–water partition coefficient (Wildman–Crippen LogP) is 5.30. The standard InChI is InChI=1S/C20H26BrClN2OS/c21-19-4-3-17(22)10-16(19)9-14-5-7-23(8-6-14)12-18-13-24(20(25)26-18)11-15-1-2-15/h3-4,10,14-15,18H,1-2,5-9,11-13H2. The van der Waals surface area contributed by atoms with Crippen molar-refractivity contribution in [3.8, 4) is 0 Å². The third-order valence-corrected chi connectivity index (χ3v) is 7.91. The number of nitrogens with zero attached hydrogens (tertiary/aromatic N) is 2. The Morgan fingerprint density at radius 2 is 1.88 bits per heavy atom. The normalized spacial score (nSPS) is 25.2. The minimum Gasteiger partial charge on any atom is -0.332 e. The van der Waals surface area contributed by atoms with Crippen LogP contribution in [-0.2, 0) is 6.42 Å². The fourth-order valence-corrected chi connectivity index (χ4v) is 5.83. The molecule has 1 atom stereocenters. The average Bonchev–Trinajstić information content (AvgIpc) is 3.36. The summed E-state index contributed by atoms with van der Waals surface area (Å²) in [4.78, 5) is 16.8. The van der Waals surface area contributed by atoms with Crippen LogP contribution in [0.1, 0.15) is 31.2 Å². The smallest absolute Gasteiger partial charge is 0.282 e. The molecule has 0 spiro atoms. The van der Waals surface area contributed by atoms with Crippen molar-refractivity contribution in [2.24, 2.45) is 11.8 Å². The van der Waals surface area contributed by atoms with Crippen LogP contribution in [0.2, 0.25) is 5.02 Å². The molecule has 0 aromatic heterocycles. The number of hydrogen-bond donors (Lipinski definition) is 0. The van der Waals surface area contributed by atoms with Crippen LogP contribution in [0, 0.1) is 11.8 Å². The van der Waals surface area contributed by atoms with E-state index in [1.807, 2.05) is 6.07 Å². The lowest BCUT2D eigenvalue weighted by Crippen LogP contribution is -2.39. The predicted molar refractivity (Wildman–Crippen MR) is 113 cm³/mol. The highest BCUT2D eigenvalue weighted by Gasteiger charge is 2.35. The van der Waals surface area contributed by atoms with E-state index in [-0.39, 0.29) is 0 Å². The number of likely N-dealkylation sites (tertiary alicyclic amines) is 1. The summed E-state index contributed by atoms with van der Waals surface area (Å²) >= 11 is 11.4. The van der Waals surface area contributed by atoms with Crippen LogP contribution in [0.25, 0.3) is 0 Å². The van der Waals surface area contributed by atoms with Crippen LogP contribution < -0.4 is 0 Å². The van der Waals surface area contributed by atoms with Crippen molar-refractivity contribution < 1.29 is 4.79 Å². The van der Waals surface area contributed by atoms with Gasteiger partial charge in [-0.05, 0) is 80.8 Å². The molecule has 1 amide bonds. The Kier molecular flexibility index (Phi) is 6.19. The second-order valence-electron chi connectivity index (χ2n) is 8.04. The fraction of sp³-hybridized carbons (Fsp3) is 0.650. The SMILES string of the molecule is O=C1SC(CN2CCC(Cc3cc(Cl)ccc3Br)CC2)CN1CC1CC1. The van der Waals surface area contributed by atoms with E-state index in [0.29, 0.717) is 10.5 Å². The molecule has 4 rings (SSSR count). The lowest BCUT2D eigenvalue weighted by atomic mass is 9.90. The summed E-state index contributed by atoms with van der Waals surface area (Å²) < 4.78 is 1.17. The van der Waals surface area contributed by atoms with Gasteiger partial charge >= 0.3 is 0 Å². The van der Waals surface area contributed by atoms with Gasteiger partial charge in [0.05, 0.1) is 0 Å². The van der Waals surface area contributed by atoms with Gasteiger partial charge in [-0.2, -0.15) is 0 Å². The Morgan fingerprint density at radius 1 is 1.12 bits per heavy atom. The Bertz CT molecular complexity index is 661. The fourth-order valence-electron chi connectivity index (χ4n) is 4.10. The van der Waals surface area contributed by atoms with E-state index in [1.165, 1.54) is 35.7 Å². The zero-order valence-electron chi connectivity index (χ0n) is 15.0. The summed E-state index contributed by atoms with van der Waals surface area (Å²) in [7, 11) is 0. The minimum atomic E-state index is 0.308. The first-order chi connectivity index (χ1) is 12.6. The summed E-state index contributed by atoms with van der Waals surface area (Å²) in [6.07, 6.45) is 6.19. The molecule has 26 heavy (non-hydrogen) atoms. The van der Waals surface area contributed by atoms with Crippen LogP contribution in [0.3, 0.4) is 0 Å². The molecule has 1 saturated carbocycles. The average molecular weight is 458 g/mol. The Labute approximate surface area is 173 Å². The third-order valence-electron chi connectivity index (χ3n) is 5.81. The molecule has 0 N–H and O–H groups in total. The van der Waals surface area contributed by atoms with Crippen LogP contribution in [-0.4, -0.2) is 53.0 Å². The zero-order valence-corrected chi connectivity index (χ0v) is 18.2. The summed E-state index contributed by atoms with van der Waals surface area (Å²) in [5.41, 5.74) is 1.32. The number of amides is 1. The number of thioether (sulfide) groups is 1. The number of carbonyl (C=O) groups is 1. The lowest BCUT2D eigenvalue weighted by molar-refractivity contribution is 0.179. The molecule has 3 fully saturated rings. The van der Waals surface area contributed by atoms with E-state index in [4.69, 9.17) is 11.6 Å². The van der Waals surface area contributed by atoms with E-state index < -0.39 is 0 Å². The molecule has 1 unspecified atom stereocenters. The Hall–Kier alpha value is -0.230. The van der Waals surface area contributed by atoms with Gasteiger partial charge in [-0.3, -0.25) is 4.79 Å². The van der Waals surface area contributed by atoms with Gasteiger partial charge in [0, 0.05) is 34.4 Å². The number of halogens is 2. The van der Waals surface area contributed by atoms with E-state index in [9.17, 15) is 4.79 Å². The molecule has 0 bridgehead atoms. The number of benzene rings is 1. The molecule has 2 aliphatic heterocycles. The molecular weight excluding hydrogens is 432 g/mol. The highest BCUT2D eigenvalue weighted by molar-refractivity contribution is 9.10. The minimum absolute atomic E-state index is 0.308. The molecule has 3 nitrogen and oxygen atoms in total. The van der Waals surface area contributed by atoms with Gasteiger partial charge in [-0.25, -0.2) is 0 Å². The number of piperidine rings is 1. The molecule has 1 aliphatic carbocycles. The molecule has 1 aromatic rings. The number of rotatable bonds is 6. The van der Waals surface area contributed by atoms with Gasteiger partial charge in [0.2, 0.25) is 0 Å². The molecule has 0 radical (unpaired) electrons. The summed E-state index contributed by atoms with van der Waals surface area (Å²) in [5, 5.41) is 1.58. The van der Waals surface area contributed by atoms with Crippen molar-refractivity contribution >= 4 is 44.5 Å². The Balaban J connectivity index is 1.22. The van der Waals surface area contributed by atoms with E-state index in [2.05, 4.69) is 37.9 Å². The summed E-state index contributed by atoms with van der Waals surface area (Å²) in [6, 6.07) is 6.08. The van der Waals surface area contributed by atoms with Gasteiger partial charge in [0.1, 0.15) is 0 Å². The molecular formula is C20H26BrClN2OS. The van der Waals surface area contributed by atoms with Crippen molar-refractivity contribution in [2.45, 2.75) is 37.4 Å². The molecule has 1 aromatic carbocycles. The largest absolute Gasteiger partial charge is 0.332 e. The van der Waals surface area contributed by atoms with Crippen LogP contribution >= 0.6 is 39.3 Å². The van der Waals surface area contributed by atoms with Crippen LogP contribution in [0.15, 0.2) is 22.7 Å². The maximum atomic E-state index is 12.2. The third kappa shape index (κ3) is 4.98. The van der Waals surface area contributed by atoms with Crippen molar-refractivity contribution in [3.05, 3.63) is 33.3 Å². The second kappa shape index (κ2) is 8.42. The summed E-state index contributed by atoms with van der Waals surface area (Å²) in [5.74, 6) is 1.52. The molecule has 142 valence electrons. The lowest BCUT2D eigenvalue weighted by Gasteiger charge is -2.33.